The summed E-state index contributed by atoms with van der Waals surface area (Å²) in [4.78, 5) is 17.4. The van der Waals surface area contributed by atoms with Gasteiger partial charge < -0.3 is 14.3 Å². The molecule has 0 aromatic heterocycles. The number of phosphoric ester groups is 1. The predicted molar refractivity (Wildman–Crippen MR) is 119 cm³/mol. The summed E-state index contributed by atoms with van der Waals surface area (Å²) >= 11 is 0. The average Bonchev–Trinajstić information content (AvgIpc) is 2.60. The zero-order chi connectivity index (χ0) is 21.1. The minimum absolute atomic E-state index is 0.101. The Morgan fingerprint density at radius 3 is 1.71 bits per heavy atom. The first-order chi connectivity index (χ1) is 13.3. The third-order valence-electron chi connectivity index (χ3n) is 5.23. The minimum Gasteiger partial charge on any atom is -0.327 e. The van der Waals surface area contributed by atoms with Crippen molar-refractivity contribution < 1.29 is 23.4 Å². The van der Waals surface area contributed by atoms with Crippen LogP contribution in [0.15, 0.2) is 12.2 Å². The van der Waals surface area contributed by atoms with E-state index in [9.17, 15) is 4.57 Å². The van der Waals surface area contributed by atoms with Crippen molar-refractivity contribution in [3.63, 3.8) is 0 Å². The third kappa shape index (κ3) is 22.1. The van der Waals surface area contributed by atoms with Crippen LogP contribution in [0.25, 0.3) is 0 Å². The number of hydrogen-bond donors (Lipinski definition) is 2. The highest BCUT2D eigenvalue weighted by molar-refractivity contribution is 7.46. The highest BCUT2D eigenvalue weighted by Crippen LogP contribution is 2.35. The van der Waals surface area contributed by atoms with Crippen molar-refractivity contribution in [1.29, 1.82) is 0 Å². The van der Waals surface area contributed by atoms with Crippen LogP contribution in [0.1, 0.15) is 96.8 Å². The summed E-state index contributed by atoms with van der Waals surface area (Å²) in [6, 6.07) is 0. The van der Waals surface area contributed by atoms with Gasteiger partial charge in [0.1, 0.15) is 13.2 Å². The first-order valence-corrected chi connectivity index (χ1v) is 13.0. The van der Waals surface area contributed by atoms with Gasteiger partial charge in [0.15, 0.2) is 0 Å². The molecule has 0 radical (unpaired) electrons. The molecule has 0 bridgehead atoms. The molecule has 0 atom stereocenters. The number of nitrogens with zero attached hydrogens (tertiary/aromatic N) is 1. The van der Waals surface area contributed by atoms with Crippen molar-refractivity contribution in [2.45, 2.75) is 96.8 Å². The normalized spacial score (nSPS) is 12.9. The molecule has 0 saturated heterocycles. The lowest BCUT2D eigenvalue weighted by atomic mass is 10.1. The SMILES string of the molecule is CCCCCCCC/C=C/CCCCCCCC[N+](C)(C)CCOP(=O)(O)O. The Balaban J connectivity index is 3.38. The summed E-state index contributed by atoms with van der Waals surface area (Å²) in [5.74, 6) is 0. The van der Waals surface area contributed by atoms with Gasteiger partial charge in [0.25, 0.3) is 0 Å². The lowest BCUT2D eigenvalue weighted by Gasteiger charge is -2.29. The van der Waals surface area contributed by atoms with E-state index < -0.39 is 7.82 Å². The number of quaternary nitrogens is 1. The molecule has 0 unspecified atom stereocenters. The number of likely N-dealkylation sites (N-methyl/N-ethyl adjacent to an activating group) is 1. The second-order valence-corrected chi connectivity index (χ2v) is 9.88. The van der Waals surface area contributed by atoms with Gasteiger partial charge in [0, 0.05) is 0 Å². The van der Waals surface area contributed by atoms with Gasteiger partial charge in [-0.1, -0.05) is 70.4 Å². The second-order valence-electron chi connectivity index (χ2n) is 8.64. The standard InChI is InChI=1S/C22H46NO4P/c1-4-5-6-7-8-9-10-11-12-13-14-15-16-17-18-19-20-23(2,3)21-22-27-28(24,25)26/h11-12H,4-10,13-22H2,1-3H3,(H-,24,25,26)/p+1/b12-11+. The van der Waals surface area contributed by atoms with Crippen LogP contribution in [0.4, 0.5) is 0 Å². The maximum Gasteiger partial charge on any atom is 0.469 e. The van der Waals surface area contributed by atoms with E-state index in [-0.39, 0.29) is 6.61 Å². The van der Waals surface area contributed by atoms with Crippen molar-refractivity contribution in [3.8, 4) is 0 Å². The third-order valence-corrected chi connectivity index (χ3v) is 5.75. The molecule has 0 aliphatic rings. The molecule has 0 aliphatic carbocycles. The minimum atomic E-state index is -4.33. The number of rotatable bonds is 20. The number of allylic oxidation sites excluding steroid dienone is 2. The monoisotopic (exact) mass is 420 g/mol. The van der Waals surface area contributed by atoms with Gasteiger partial charge in [-0.3, -0.25) is 4.52 Å². The van der Waals surface area contributed by atoms with Gasteiger partial charge in [0.2, 0.25) is 0 Å². The molecule has 0 fully saturated rings. The van der Waals surface area contributed by atoms with Crippen LogP contribution in [0.5, 0.6) is 0 Å². The fraction of sp³-hybridized carbons (Fsp3) is 0.909. The topological polar surface area (TPSA) is 66.8 Å². The first kappa shape index (κ1) is 27.8. The largest absolute Gasteiger partial charge is 0.469 e. The van der Waals surface area contributed by atoms with E-state index in [1.54, 1.807) is 0 Å². The van der Waals surface area contributed by atoms with Gasteiger partial charge in [-0.2, -0.15) is 0 Å². The molecule has 0 aliphatic heterocycles. The molecule has 0 rings (SSSR count). The zero-order valence-electron chi connectivity index (χ0n) is 18.8. The summed E-state index contributed by atoms with van der Waals surface area (Å²) in [5, 5.41) is 0. The van der Waals surface area contributed by atoms with Crippen LogP contribution in [-0.2, 0) is 9.09 Å². The molecule has 168 valence electrons. The Bertz CT molecular complexity index is 421. The van der Waals surface area contributed by atoms with Crippen molar-refractivity contribution >= 4 is 7.82 Å². The average molecular weight is 421 g/mol. The van der Waals surface area contributed by atoms with Crippen LogP contribution in [0.2, 0.25) is 0 Å². The Morgan fingerprint density at radius 2 is 1.21 bits per heavy atom. The van der Waals surface area contributed by atoms with Crippen molar-refractivity contribution in [1.82, 2.24) is 0 Å². The number of phosphoric acid groups is 1. The summed E-state index contributed by atoms with van der Waals surface area (Å²) < 4.78 is 16.0. The fourth-order valence-corrected chi connectivity index (χ4v) is 3.63. The first-order valence-electron chi connectivity index (χ1n) is 11.4. The Labute approximate surface area is 174 Å². The van der Waals surface area contributed by atoms with Crippen molar-refractivity contribution in [3.05, 3.63) is 12.2 Å². The van der Waals surface area contributed by atoms with E-state index in [0.717, 1.165) is 17.4 Å². The highest BCUT2D eigenvalue weighted by Gasteiger charge is 2.19. The van der Waals surface area contributed by atoms with Gasteiger partial charge in [-0.05, 0) is 38.5 Å². The molecule has 6 heteroatoms. The molecular weight excluding hydrogens is 373 g/mol. The Morgan fingerprint density at radius 1 is 0.750 bits per heavy atom. The van der Waals surface area contributed by atoms with Crippen molar-refractivity contribution in [2.24, 2.45) is 0 Å². The molecule has 0 aromatic carbocycles. The maximum absolute atomic E-state index is 10.7. The fourth-order valence-electron chi connectivity index (χ4n) is 3.31. The molecule has 28 heavy (non-hydrogen) atoms. The molecule has 0 spiro atoms. The van der Waals surface area contributed by atoms with E-state index >= 15 is 0 Å². The second kappa shape index (κ2) is 17.7. The molecule has 0 heterocycles. The smallest absolute Gasteiger partial charge is 0.327 e. The predicted octanol–water partition coefficient (Wildman–Crippen LogP) is 6.21. The molecule has 0 aromatic rings. The van der Waals surface area contributed by atoms with Crippen LogP contribution in [0.3, 0.4) is 0 Å². The van der Waals surface area contributed by atoms with Crippen LogP contribution in [0, 0.1) is 0 Å². The molecule has 2 N–H and O–H groups in total. The molecule has 5 nitrogen and oxygen atoms in total. The molecular formula is C22H47NO4P+. The summed E-state index contributed by atoms with van der Waals surface area (Å²) in [5.41, 5.74) is 0. The number of hydrogen-bond acceptors (Lipinski definition) is 2. The van der Waals surface area contributed by atoms with E-state index in [0.29, 0.717) is 6.54 Å². The van der Waals surface area contributed by atoms with E-state index in [2.05, 4.69) is 37.7 Å². The van der Waals surface area contributed by atoms with Crippen LogP contribution < -0.4 is 0 Å². The summed E-state index contributed by atoms with van der Waals surface area (Å²) in [7, 11) is -0.163. The molecule has 0 saturated carbocycles. The van der Waals surface area contributed by atoms with Gasteiger partial charge >= 0.3 is 7.82 Å². The summed E-state index contributed by atoms with van der Waals surface area (Å²) in [6.45, 7) is 4.01. The Hall–Kier alpha value is -0.190. The maximum atomic E-state index is 10.7. The van der Waals surface area contributed by atoms with Gasteiger partial charge in [-0.15, -0.1) is 0 Å². The van der Waals surface area contributed by atoms with E-state index in [1.165, 1.54) is 83.5 Å². The lowest BCUT2D eigenvalue weighted by molar-refractivity contribution is -0.890. The highest BCUT2D eigenvalue weighted by atomic mass is 31.2. The van der Waals surface area contributed by atoms with Crippen LogP contribution in [-0.4, -0.2) is 48.1 Å². The lowest BCUT2D eigenvalue weighted by Crippen LogP contribution is -2.42. The molecule has 0 amide bonds. The Kier molecular flexibility index (Phi) is 17.5. The van der Waals surface area contributed by atoms with E-state index in [4.69, 9.17) is 9.79 Å². The van der Waals surface area contributed by atoms with E-state index in [1.807, 2.05) is 0 Å². The van der Waals surface area contributed by atoms with Gasteiger partial charge in [-0.25, -0.2) is 4.57 Å². The van der Waals surface area contributed by atoms with Gasteiger partial charge in [0.05, 0.1) is 20.6 Å². The van der Waals surface area contributed by atoms with Crippen LogP contribution >= 0.6 is 7.82 Å². The number of unbranched alkanes of at least 4 members (excludes halogenated alkanes) is 12. The summed E-state index contributed by atoms with van der Waals surface area (Å²) in [6.07, 6.45) is 23.0. The van der Waals surface area contributed by atoms with Crippen molar-refractivity contribution in [2.75, 3.05) is 33.8 Å². The quantitative estimate of drug-likeness (QED) is 0.106. The zero-order valence-corrected chi connectivity index (χ0v) is 19.7.